The lowest BCUT2D eigenvalue weighted by atomic mass is 9.66. The number of nitrogens with zero attached hydrogens (tertiary/aromatic N) is 1. The number of hydrogen-bond acceptors (Lipinski definition) is 4. The average molecular weight is 488 g/mol. The Morgan fingerprint density at radius 2 is 1.97 bits per heavy atom. The van der Waals surface area contributed by atoms with E-state index in [1.165, 1.54) is 34.7 Å². The lowest BCUT2D eigenvalue weighted by Gasteiger charge is -2.46. The fourth-order valence-electron chi connectivity index (χ4n) is 5.25. The van der Waals surface area contributed by atoms with Gasteiger partial charge in [-0.25, -0.2) is 0 Å². The maximum Gasteiger partial charge on any atom is 0.419 e. The summed E-state index contributed by atoms with van der Waals surface area (Å²) in [5, 5.41) is 11.7. The number of fused-ring (bicyclic) bond motifs is 2. The standard InChI is InChI=1S/C26H24F3NO3S/c1-24(19-14-17(34-2)13-16-9-12-33-23(16)19)10-7-22(25(32,15-24)26(27,28)29)30-11-8-21(31)18-5-3-4-6-20(18)30/h3-8,10-11,13-14,22,32H,9,12,15H2,1-2H3. The van der Waals surface area contributed by atoms with Crippen LogP contribution in [0, 0.1) is 0 Å². The quantitative estimate of drug-likeness (QED) is 0.397. The van der Waals surface area contributed by atoms with Gasteiger partial charge in [-0.15, -0.1) is 11.8 Å². The van der Waals surface area contributed by atoms with Gasteiger partial charge in [0.1, 0.15) is 5.75 Å². The Balaban J connectivity index is 1.71. The highest BCUT2D eigenvalue weighted by atomic mass is 32.2. The number of allylic oxidation sites excluding steroid dienone is 1. The Morgan fingerprint density at radius 1 is 1.21 bits per heavy atom. The molecule has 3 atom stereocenters. The number of para-hydroxylation sites is 1. The molecule has 1 N–H and O–H groups in total. The topological polar surface area (TPSA) is 51.5 Å². The van der Waals surface area contributed by atoms with Crippen LogP contribution in [0.4, 0.5) is 13.2 Å². The SMILES string of the molecule is CSc1cc2c(c(C3(C)C=CC(n4ccc(=O)c5ccccc54)C(O)(C(F)(F)F)C3)c1)OCC2. The first kappa shape index (κ1) is 23.1. The van der Waals surface area contributed by atoms with Crippen LogP contribution in [-0.2, 0) is 11.8 Å². The predicted molar refractivity (Wildman–Crippen MR) is 127 cm³/mol. The van der Waals surface area contributed by atoms with E-state index in [2.05, 4.69) is 0 Å². The number of benzene rings is 2. The minimum Gasteiger partial charge on any atom is -0.493 e. The fourth-order valence-corrected chi connectivity index (χ4v) is 5.75. The van der Waals surface area contributed by atoms with Gasteiger partial charge in [0.25, 0.3) is 0 Å². The second kappa shape index (κ2) is 7.92. The molecule has 0 fully saturated rings. The van der Waals surface area contributed by atoms with Crippen molar-refractivity contribution in [2.75, 3.05) is 12.9 Å². The normalized spacial score (nSPS) is 26.5. The van der Waals surface area contributed by atoms with Crippen molar-refractivity contribution in [1.82, 2.24) is 4.57 Å². The molecule has 0 saturated heterocycles. The number of rotatable bonds is 3. The molecule has 0 spiro atoms. The molecule has 2 heterocycles. The van der Waals surface area contributed by atoms with Crippen molar-refractivity contribution in [1.29, 1.82) is 0 Å². The molecule has 2 aromatic carbocycles. The van der Waals surface area contributed by atoms with E-state index in [-0.39, 0.29) is 5.43 Å². The number of ether oxygens (including phenoxy) is 1. The van der Waals surface area contributed by atoms with Gasteiger partial charge >= 0.3 is 6.18 Å². The third kappa shape index (κ3) is 3.46. The van der Waals surface area contributed by atoms with E-state index >= 15 is 0 Å². The highest BCUT2D eigenvalue weighted by Gasteiger charge is 2.62. The molecule has 3 aromatic rings. The van der Waals surface area contributed by atoms with Gasteiger partial charge in [-0.3, -0.25) is 4.79 Å². The van der Waals surface area contributed by atoms with Crippen LogP contribution in [0.25, 0.3) is 10.9 Å². The smallest absolute Gasteiger partial charge is 0.419 e. The van der Waals surface area contributed by atoms with Crippen molar-refractivity contribution in [3.05, 3.63) is 82.2 Å². The molecular weight excluding hydrogens is 463 g/mol. The highest BCUT2D eigenvalue weighted by Crippen LogP contribution is 2.54. The Labute approximate surface area is 199 Å². The Bertz CT molecular complexity index is 1370. The second-order valence-electron chi connectivity index (χ2n) is 9.19. The minimum atomic E-state index is -4.92. The number of alkyl halides is 3. The van der Waals surface area contributed by atoms with E-state index in [0.29, 0.717) is 35.2 Å². The molecule has 8 heteroatoms. The monoisotopic (exact) mass is 487 g/mol. The van der Waals surface area contributed by atoms with Gasteiger partial charge in [-0.1, -0.05) is 31.2 Å². The predicted octanol–water partition coefficient (Wildman–Crippen LogP) is 5.41. The zero-order chi connectivity index (χ0) is 24.3. The molecule has 1 aliphatic heterocycles. The lowest BCUT2D eigenvalue weighted by Crippen LogP contribution is -2.56. The molecule has 4 nitrogen and oxygen atoms in total. The van der Waals surface area contributed by atoms with E-state index in [0.717, 1.165) is 10.5 Å². The Kier molecular flexibility index (Phi) is 5.37. The number of pyridine rings is 1. The lowest BCUT2D eigenvalue weighted by molar-refractivity contribution is -0.278. The first-order chi connectivity index (χ1) is 16.1. The molecule has 1 aliphatic carbocycles. The summed E-state index contributed by atoms with van der Waals surface area (Å²) in [5.41, 5.74) is -2.52. The van der Waals surface area contributed by atoms with E-state index in [1.54, 1.807) is 37.3 Å². The van der Waals surface area contributed by atoms with Crippen LogP contribution in [0.5, 0.6) is 5.75 Å². The summed E-state index contributed by atoms with van der Waals surface area (Å²) >= 11 is 1.52. The zero-order valence-corrected chi connectivity index (χ0v) is 19.5. The van der Waals surface area contributed by atoms with Crippen LogP contribution in [0.15, 0.2) is 70.5 Å². The summed E-state index contributed by atoms with van der Waals surface area (Å²) in [6.45, 7) is 2.19. The molecule has 0 bridgehead atoms. The van der Waals surface area contributed by atoms with Crippen molar-refractivity contribution in [3.8, 4) is 5.75 Å². The number of hydrogen-bond donors (Lipinski definition) is 1. The molecule has 2 aliphatic rings. The number of thioether (sulfide) groups is 1. The van der Waals surface area contributed by atoms with Crippen molar-refractivity contribution >= 4 is 22.7 Å². The van der Waals surface area contributed by atoms with Crippen LogP contribution < -0.4 is 10.2 Å². The van der Waals surface area contributed by atoms with Crippen molar-refractivity contribution in [2.45, 2.75) is 47.9 Å². The zero-order valence-electron chi connectivity index (χ0n) is 18.7. The summed E-state index contributed by atoms with van der Waals surface area (Å²) in [7, 11) is 0. The van der Waals surface area contributed by atoms with E-state index in [1.807, 2.05) is 18.4 Å². The molecule has 3 unspecified atom stereocenters. The third-order valence-electron chi connectivity index (χ3n) is 7.01. The molecule has 0 saturated carbocycles. The average Bonchev–Trinajstić information content (AvgIpc) is 3.27. The van der Waals surface area contributed by atoms with Crippen LogP contribution in [0.3, 0.4) is 0 Å². The maximum atomic E-state index is 14.6. The van der Waals surface area contributed by atoms with E-state index < -0.39 is 29.7 Å². The van der Waals surface area contributed by atoms with Gasteiger partial charge in [-0.05, 0) is 36.1 Å². The summed E-state index contributed by atoms with van der Waals surface area (Å²) < 4.78 is 51.1. The molecule has 0 amide bonds. The van der Waals surface area contributed by atoms with E-state index in [4.69, 9.17) is 4.74 Å². The first-order valence-corrected chi connectivity index (χ1v) is 12.2. The van der Waals surface area contributed by atoms with E-state index in [9.17, 15) is 23.1 Å². The van der Waals surface area contributed by atoms with Crippen LogP contribution in [-0.4, -0.2) is 34.3 Å². The largest absolute Gasteiger partial charge is 0.493 e. The molecule has 5 rings (SSSR count). The minimum absolute atomic E-state index is 0.284. The van der Waals surface area contributed by atoms with Crippen LogP contribution in [0.2, 0.25) is 0 Å². The van der Waals surface area contributed by atoms with Gasteiger partial charge in [-0.2, -0.15) is 13.2 Å². The van der Waals surface area contributed by atoms with Crippen LogP contribution >= 0.6 is 11.8 Å². The number of halogens is 3. The second-order valence-corrected chi connectivity index (χ2v) is 10.1. The molecular formula is C26H24F3NO3S. The van der Waals surface area contributed by atoms with Gasteiger partial charge < -0.3 is 14.4 Å². The van der Waals surface area contributed by atoms with Crippen molar-refractivity contribution in [2.24, 2.45) is 0 Å². The molecule has 34 heavy (non-hydrogen) atoms. The van der Waals surface area contributed by atoms with Gasteiger partial charge in [0.05, 0.1) is 18.2 Å². The van der Waals surface area contributed by atoms with Gasteiger partial charge in [0.2, 0.25) is 0 Å². The fraction of sp³-hybridized carbons (Fsp3) is 0.346. The summed E-state index contributed by atoms with van der Waals surface area (Å²) in [6, 6.07) is 10.2. The van der Waals surface area contributed by atoms with Gasteiger partial charge in [0.15, 0.2) is 11.0 Å². The highest BCUT2D eigenvalue weighted by molar-refractivity contribution is 7.98. The van der Waals surface area contributed by atoms with Gasteiger partial charge in [0, 0.05) is 46.4 Å². The van der Waals surface area contributed by atoms with Crippen molar-refractivity contribution < 1.29 is 23.0 Å². The molecule has 178 valence electrons. The summed E-state index contributed by atoms with van der Waals surface area (Å²) in [4.78, 5) is 13.2. The summed E-state index contributed by atoms with van der Waals surface area (Å²) in [5.74, 6) is 0.613. The van der Waals surface area contributed by atoms with Crippen LogP contribution in [0.1, 0.15) is 30.5 Å². The first-order valence-electron chi connectivity index (χ1n) is 11.0. The number of aromatic nitrogens is 1. The summed E-state index contributed by atoms with van der Waals surface area (Å²) in [6.07, 6.45) is 1.60. The van der Waals surface area contributed by atoms with Crippen molar-refractivity contribution in [3.63, 3.8) is 0 Å². The third-order valence-corrected chi connectivity index (χ3v) is 7.71. The maximum absolute atomic E-state index is 14.6. The molecule has 1 aromatic heterocycles. The molecule has 0 radical (unpaired) electrons. The number of aliphatic hydroxyl groups is 1. The Morgan fingerprint density at radius 3 is 2.71 bits per heavy atom. The Hall–Kier alpha value is -2.71.